The lowest BCUT2D eigenvalue weighted by atomic mass is 9.83. The fourth-order valence-corrected chi connectivity index (χ4v) is 5.68. The first-order valence-electron chi connectivity index (χ1n) is 10.9. The van der Waals surface area contributed by atoms with Gasteiger partial charge in [-0.15, -0.1) is 0 Å². The van der Waals surface area contributed by atoms with E-state index in [9.17, 15) is 9.59 Å². The Morgan fingerprint density at radius 3 is 2.67 bits per heavy atom. The molecule has 152 valence electrons. The fourth-order valence-electron chi connectivity index (χ4n) is 5.68. The van der Waals surface area contributed by atoms with Crippen LogP contribution in [0.1, 0.15) is 46.8 Å². The molecule has 1 aliphatic carbocycles. The predicted octanol–water partition coefficient (Wildman–Crippen LogP) is 3.36. The summed E-state index contributed by atoms with van der Waals surface area (Å²) >= 11 is 0. The van der Waals surface area contributed by atoms with Crippen LogP contribution in [0.4, 0.5) is 0 Å². The summed E-state index contributed by atoms with van der Waals surface area (Å²) in [6.45, 7) is 0.145. The molecule has 0 unspecified atom stereocenters. The second kappa shape index (κ2) is 6.46. The van der Waals surface area contributed by atoms with E-state index in [1.54, 1.807) is 11.9 Å². The summed E-state index contributed by atoms with van der Waals surface area (Å²) in [5.41, 5.74) is 7.23. The Labute approximate surface area is 175 Å². The average molecular weight is 399 g/mol. The molecule has 30 heavy (non-hydrogen) atoms. The van der Waals surface area contributed by atoms with Crippen molar-refractivity contribution in [2.45, 2.75) is 44.2 Å². The molecule has 5 nitrogen and oxygen atoms in total. The molecule has 2 atom stereocenters. The molecule has 1 N–H and O–H groups in total. The van der Waals surface area contributed by atoms with Gasteiger partial charge in [0.2, 0.25) is 11.8 Å². The molecule has 2 aromatic carbocycles. The first-order chi connectivity index (χ1) is 14.6. The molecule has 5 heteroatoms. The second-order valence-corrected chi connectivity index (χ2v) is 8.92. The molecule has 2 aliphatic heterocycles. The quantitative estimate of drug-likeness (QED) is 0.682. The molecule has 0 radical (unpaired) electrons. The molecule has 3 aliphatic rings. The number of nitrogens with zero attached hydrogens (tertiary/aromatic N) is 2. The third-order valence-corrected chi connectivity index (χ3v) is 7.14. The van der Waals surface area contributed by atoms with Gasteiger partial charge in [0.15, 0.2) is 0 Å². The summed E-state index contributed by atoms with van der Waals surface area (Å²) in [5.74, 6) is 0.0580. The zero-order valence-corrected chi connectivity index (χ0v) is 17.1. The minimum Gasteiger partial charge on any atom is -0.356 e. The van der Waals surface area contributed by atoms with E-state index in [-0.39, 0.29) is 24.4 Å². The van der Waals surface area contributed by atoms with Gasteiger partial charge in [0, 0.05) is 30.1 Å². The fraction of sp³-hybridized carbons (Fsp3) is 0.360. The van der Waals surface area contributed by atoms with Gasteiger partial charge in [-0.3, -0.25) is 9.59 Å². The normalized spacial score (nSPS) is 23.4. The number of fused-ring (bicyclic) bond motifs is 5. The highest BCUT2D eigenvalue weighted by Crippen LogP contribution is 2.43. The number of H-pyrrole nitrogens is 1. The standard InChI is InChI=1S/C25H25N3O2/c1-27-14-22(29)28-21(25(27)30)13-19-18-8-4-5-9-20(18)26-23(19)24(28)17-11-10-15-6-2-3-7-16(15)12-17/h4-5,8-12,21,24,26H,2-3,6-7,13-14H2,1H3/t21-,24+/m1/s1. The number of carbonyl (C=O) groups excluding carboxylic acids is 2. The number of carbonyl (C=O) groups is 2. The predicted molar refractivity (Wildman–Crippen MR) is 115 cm³/mol. The summed E-state index contributed by atoms with van der Waals surface area (Å²) in [6, 6.07) is 14.3. The number of benzene rings is 2. The van der Waals surface area contributed by atoms with Gasteiger partial charge >= 0.3 is 0 Å². The number of piperazine rings is 1. The van der Waals surface area contributed by atoms with E-state index >= 15 is 0 Å². The van der Waals surface area contributed by atoms with Crippen LogP contribution in [-0.2, 0) is 28.9 Å². The number of hydrogen-bond acceptors (Lipinski definition) is 2. The van der Waals surface area contributed by atoms with E-state index in [1.807, 2.05) is 17.0 Å². The van der Waals surface area contributed by atoms with Gasteiger partial charge in [-0.25, -0.2) is 0 Å². The van der Waals surface area contributed by atoms with Crippen LogP contribution in [0.25, 0.3) is 10.9 Å². The van der Waals surface area contributed by atoms with Gasteiger partial charge in [0.1, 0.15) is 6.04 Å². The smallest absolute Gasteiger partial charge is 0.245 e. The topological polar surface area (TPSA) is 56.4 Å². The van der Waals surface area contributed by atoms with E-state index in [4.69, 9.17) is 0 Å². The number of nitrogens with one attached hydrogen (secondary N) is 1. The SMILES string of the molecule is CN1CC(=O)N2[C@@H](c3ccc4c(c3)CCCC4)c3[nH]c4ccccc4c3C[C@@H]2C1=O. The number of rotatable bonds is 1. The van der Waals surface area contributed by atoms with Crippen LogP contribution in [0, 0.1) is 0 Å². The molecule has 1 saturated heterocycles. The van der Waals surface area contributed by atoms with Crippen molar-refractivity contribution in [2.75, 3.05) is 13.6 Å². The molecule has 3 aromatic rings. The van der Waals surface area contributed by atoms with E-state index in [0.29, 0.717) is 6.42 Å². The van der Waals surface area contributed by atoms with Gasteiger partial charge in [-0.1, -0.05) is 36.4 Å². The molecular formula is C25H25N3O2. The Morgan fingerprint density at radius 1 is 1.00 bits per heavy atom. The van der Waals surface area contributed by atoms with Crippen LogP contribution in [-0.4, -0.2) is 46.2 Å². The number of amides is 2. The Morgan fingerprint density at radius 2 is 1.80 bits per heavy atom. The number of aromatic nitrogens is 1. The Hall–Kier alpha value is -3.08. The minimum atomic E-state index is -0.441. The molecule has 0 saturated carbocycles. The lowest BCUT2D eigenvalue weighted by molar-refractivity contribution is -0.157. The van der Waals surface area contributed by atoms with Crippen LogP contribution in [0.3, 0.4) is 0 Å². The van der Waals surface area contributed by atoms with Gasteiger partial charge in [0.25, 0.3) is 0 Å². The molecule has 6 rings (SSSR count). The van der Waals surface area contributed by atoms with Gasteiger partial charge in [0.05, 0.1) is 12.6 Å². The van der Waals surface area contributed by atoms with Crippen LogP contribution < -0.4 is 0 Å². The van der Waals surface area contributed by atoms with E-state index in [2.05, 4.69) is 35.3 Å². The monoisotopic (exact) mass is 399 g/mol. The Kier molecular flexibility index (Phi) is 3.82. The van der Waals surface area contributed by atoms with Gasteiger partial charge < -0.3 is 14.8 Å². The van der Waals surface area contributed by atoms with Crippen molar-refractivity contribution >= 4 is 22.7 Å². The molecule has 1 fully saturated rings. The van der Waals surface area contributed by atoms with Crippen LogP contribution in [0.5, 0.6) is 0 Å². The maximum Gasteiger partial charge on any atom is 0.245 e. The average Bonchev–Trinajstić information content (AvgIpc) is 3.14. The number of hydrogen-bond donors (Lipinski definition) is 1. The number of likely N-dealkylation sites (N-methyl/N-ethyl adjacent to an activating group) is 1. The van der Waals surface area contributed by atoms with Crippen LogP contribution >= 0.6 is 0 Å². The summed E-state index contributed by atoms with van der Waals surface area (Å²) in [7, 11) is 1.73. The highest BCUT2D eigenvalue weighted by Gasteiger charge is 2.47. The summed E-state index contributed by atoms with van der Waals surface area (Å²) in [4.78, 5) is 33.3. The molecule has 0 bridgehead atoms. The largest absolute Gasteiger partial charge is 0.356 e. The molecule has 0 spiro atoms. The van der Waals surface area contributed by atoms with Crippen LogP contribution in [0.2, 0.25) is 0 Å². The molecule has 3 heterocycles. The lowest BCUT2D eigenvalue weighted by Crippen LogP contribution is -2.62. The van der Waals surface area contributed by atoms with Crippen molar-refractivity contribution in [3.05, 3.63) is 70.4 Å². The molecule has 1 aromatic heterocycles. The Balaban J connectivity index is 1.57. The second-order valence-electron chi connectivity index (χ2n) is 8.92. The zero-order chi connectivity index (χ0) is 20.4. The molecular weight excluding hydrogens is 374 g/mol. The van der Waals surface area contributed by atoms with E-state index < -0.39 is 6.04 Å². The summed E-state index contributed by atoms with van der Waals surface area (Å²) < 4.78 is 0. The van der Waals surface area contributed by atoms with Crippen LogP contribution in [0.15, 0.2) is 42.5 Å². The number of aromatic amines is 1. The van der Waals surface area contributed by atoms with Crippen molar-refractivity contribution in [3.63, 3.8) is 0 Å². The third-order valence-electron chi connectivity index (χ3n) is 7.14. The first kappa shape index (κ1) is 17.8. The van der Waals surface area contributed by atoms with E-state index in [0.717, 1.165) is 35.0 Å². The maximum absolute atomic E-state index is 13.2. The summed E-state index contributed by atoms with van der Waals surface area (Å²) in [5, 5.41) is 1.16. The lowest BCUT2D eigenvalue weighted by Gasteiger charge is -2.46. The number of para-hydroxylation sites is 1. The maximum atomic E-state index is 13.2. The third kappa shape index (κ3) is 2.47. The van der Waals surface area contributed by atoms with E-state index in [1.165, 1.54) is 29.5 Å². The highest BCUT2D eigenvalue weighted by atomic mass is 16.2. The summed E-state index contributed by atoms with van der Waals surface area (Å²) in [6.07, 6.45) is 5.25. The van der Waals surface area contributed by atoms with Crippen molar-refractivity contribution in [1.82, 2.24) is 14.8 Å². The van der Waals surface area contributed by atoms with Crippen molar-refractivity contribution in [3.8, 4) is 0 Å². The number of aryl methyl sites for hydroxylation is 2. The first-order valence-corrected chi connectivity index (χ1v) is 10.9. The van der Waals surface area contributed by atoms with Crippen molar-refractivity contribution in [2.24, 2.45) is 0 Å². The molecule has 2 amide bonds. The van der Waals surface area contributed by atoms with Crippen molar-refractivity contribution in [1.29, 1.82) is 0 Å². The van der Waals surface area contributed by atoms with Gasteiger partial charge in [-0.2, -0.15) is 0 Å². The Bertz CT molecular complexity index is 1190. The minimum absolute atomic E-state index is 0.0223. The van der Waals surface area contributed by atoms with Gasteiger partial charge in [-0.05, 0) is 54.0 Å². The van der Waals surface area contributed by atoms with Crippen molar-refractivity contribution < 1.29 is 9.59 Å². The zero-order valence-electron chi connectivity index (χ0n) is 17.1. The highest BCUT2D eigenvalue weighted by molar-refractivity contribution is 5.97.